The number of benzene rings is 2. The highest BCUT2D eigenvalue weighted by Gasteiger charge is 2.31. The van der Waals surface area contributed by atoms with E-state index in [1.807, 2.05) is 24.3 Å². The second-order valence-electron chi connectivity index (χ2n) is 9.62. The molecular weight excluding hydrogens is 415 g/mol. The molecule has 2 aromatic carbocycles. The molecule has 0 unspecified atom stereocenters. The third kappa shape index (κ3) is 5.98. The Morgan fingerprint density at radius 1 is 0.719 bits per heavy atom. The Hall–Kier alpha value is -1.73. The van der Waals surface area contributed by atoms with Gasteiger partial charge in [-0.3, -0.25) is 0 Å². The van der Waals surface area contributed by atoms with Crippen molar-refractivity contribution in [2.75, 3.05) is 6.16 Å². The summed E-state index contributed by atoms with van der Waals surface area (Å²) < 4.78 is 26.9. The van der Waals surface area contributed by atoms with Crippen LogP contribution in [-0.4, -0.2) is 6.16 Å². The van der Waals surface area contributed by atoms with E-state index >= 15 is 0 Å². The fourth-order valence-corrected chi connectivity index (χ4v) is 7.25. The molecule has 0 aliphatic heterocycles. The maximum absolute atomic E-state index is 14.1. The molecule has 0 aromatic heterocycles. The van der Waals surface area contributed by atoms with Crippen LogP contribution < -0.4 is 9.05 Å². The molecule has 0 spiro atoms. The lowest BCUT2D eigenvalue weighted by Crippen LogP contribution is -2.11. The maximum Gasteiger partial charge on any atom is 0.430 e. The summed E-state index contributed by atoms with van der Waals surface area (Å²) in [6.07, 6.45) is 14.7. The Bertz CT molecular complexity index is 830. The summed E-state index contributed by atoms with van der Waals surface area (Å²) in [4.78, 5) is 0. The Balaban J connectivity index is 1.60. The van der Waals surface area contributed by atoms with Gasteiger partial charge in [-0.2, -0.15) is 0 Å². The van der Waals surface area contributed by atoms with Crippen molar-refractivity contribution >= 4 is 7.60 Å². The van der Waals surface area contributed by atoms with Crippen LogP contribution in [0.1, 0.15) is 107 Å². The second kappa shape index (κ2) is 11.4. The SMILES string of the molecule is CCCCP(=O)(Oc1ccccc1C1CCCCC1)Oc1ccccc1C1CCCCC1. The Kier molecular flexibility index (Phi) is 8.36. The zero-order valence-corrected chi connectivity index (χ0v) is 20.5. The van der Waals surface area contributed by atoms with Gasteiger partial charge in [-0.05, 0) is 67.2 Å². The number of hydrogen-bond donors (Lipinski definition) is 0. The lowest BCUT2D eigenvalue weighted by molar-refractivity contribution is 0.369. The molecule has 0 N–H and O–H groups in total. The van der Waals surface area contributed by atoms with E-state index in [9.17, 15) is 4.57 Å². The molecule has 2 aromatic rings. The van der Waals surface area contributed by atoms with Gasteiger partial charge >= 0.3 is 7.60 Å². The lowest BCUT2D eigenvalue weighted by Gasteiger charge is -2.28. The number of para-hydroxylation sites is 2. The number of hydrogen-bond acceptors (Lipinski definition) is 3. The molecule has 0 atom stereocenters. The minimum Gasteiger partial charge on any atom is -0.416 e. The molecule has 0 bridgehead atoms. The molecule has 2 aliphatic carbocycles. The van der Waals surface area contributed by atoms with Crippen LogP contribution in [0.5, 0.6) is 11.5 Å². The Labute approximate surface area is 194 Å². The van der Waals surface area contributed by atoms with E-state index in [2.05, 4.69) is 31.2 Å². The zero-order valence-electron chi connectivity index (χ0n) is 19.6. The molecule has 0 amide bonds. The molecule has 2 fully saturated rings. The predicted octanol–water partition coefficient (Wildman–Crippen LogP) is 9.23. The summed E-state index contributed by atoms with van der Waals surface area (Å²) in [6, 6.07) is 16.4. The van der Waals surface area contributed by atoms with Gasteiger partial charge in [-0.15, -0.1) is 0 Å². The topological polar surface area (TPSA) is 35.5 Å². The summed E-state index contributed by atoms with van der Waals surface area (Å²) in [7, 11) is -3.34. The lowest BCUT2D eigenvalue weighted by atomic mass is 9.84. The molecule has 2 saturated carbocycles. The quantitative estimate of drug-likeness (QED) is 0.354. The molecule has 4 rings (SSSR count). The van der Waals surface area contributed by atoms with Crippen molar-refractivity contribution in [1.82, 2.24) is 0 Å². The van der Waals surface area contributed by atoms with E-state index in [1.165, 1.54) is 75.3 Å². The van der Waals surface area contributed by atoms with Crippen LogP contribution in [0.15, 0.2) is 48.5 Å². The largest absolute Gasteiger partial charge is 0.430 e. The van der Waals surface area contributed by atoms with Gasteiger partial charge in [0.25, 0.3) is 0 Å². The van der Waals surface area contributed by atoms with Gasteiger partial charge < -0.3 is 9.05 Å². The van der Waals surface area contributed by atoms with E-state index in [0.717, 1.165) is 24.3 Å². The van der Waals surface area contributed by atoms with Crippen molar-refractivity contribution in [3.63, 3.8) is 0 Å². The van der Waals surface area contributed by atoms with Gasteiger partial charge in [-0.25, -0.2) is 4.57 Å². The molecule has 174 valence electrons. The van der Waals surface area contributed by atoms with E-state index in [4.69, 9.17) is 9.05 Å². The monoisotopic (exact) mass is 454 g/mol. The van der Waals surface area contributed by atoms with Gasteiger partial charge in [0.05, 0.1) is 6.16 Å². The third-order valence-corrected chi connectivity index (χ3v) is 9.00. The van der Waals surface area contributed by atoms with Crippen LogP contribution in [0.2, 0.25) is 0 Å². The standard InChI is InChI=1S/C28H39O3P/c1-2-3-22-32(29,30-27-20-12-10-18-25(27)23-14-6-4-7-15-23)31-28-21-13-11-19-26(28)24-16-8-5-9-17-24/h10-13,18-21,23-24H,2-9,14-17,22H2,1H3. The Morgan fingerprint density at radius 3 is 1.59 bits per heavy atom. The van der Waals surface area contributed by atoms with Gasteiger partial charge in [0, 0.05) is 0 Å². The maximum atomic E-state index is 14.1. The van der Waals surface area contributed by atoms with Crippen molar-refractivity contribution in [2.24, 2.45) is 0 Å². The highest BCUT2D eigenvalue weighted by Crippen LogP contribution is 2.53. The smallest absolute Gasteiger partial charge is 0.416 e. The van der Waals surface area contributed by atoms with Gasteiger partial charge in [0.2, 0.25) is 0 Å². The first-order valence-electron chi connectivity index (χ1n) is 12.8. The number of unbranched alkanes of at least 4 members (excludes halogenated alkanes) is 1. The third-order valence-electron chi connectivity index (χ3n) is 7.19. The van der Waals surface area contributed by atoms with Crippen molar-refractivity contribution in [3.05, 3.63) is 59.7 Å². The first kappa shape index (κ1) is 23.4. The number of rotatable bonds is 9. The highest BCUT2D eigenvalue weighted by molar-refractivity contribution is 7.54. The van der Waals surface area contributed by atoms with E-state index in [0.29, 0.717) is 18.0 Å². The highest BCUT2D eigenvalue weighted by atomic mass is 31.2. The molecule has 32 heavy (non-hydrogen) atoms. The van der Waals surface area contributed by atoms with E-state index < -0.39 is 7.60 Å². The average molecular weight is 455 g/mol. The first-order valence-corrected chi connectivity index (χ1v) is 14.6. The summed E-state index contributed by atoms with van der Waals surface area (Å²) in [6.45, 7) is 2.12. The summed E-state index contributed by atoms with van der Waals surface area (Å²) in [5.74, 6) is 2.51. The molecule has 3 nitrogen and oxygen atoms in total. The average Bonchev–Trinajstić information content (AvgIpc) is 2.84. The van der Waals surface area contributed by atoms with Crippen LogP contribution in [0.3, 0.4) is 0 Å². The van der Waals surface area contributed by atoms with Crippen LogP contribution in [-0.2, 0) is 4.57 Å². The Morgan fingerprint density at radius 2 is 1.16 bits per heavy atom. The van der Waals surface area contributed by atoms with Gasteiger partial charge in [0.15, 0.2) is 0 Å². The predicted molar refractivity (Wildman–Crippen MR) is 133 cm³/mol. The normalized spacial score (nSPS) is 18.4. The summed E-state index contributed by atoms with van der Waals surface area (Å²) in [5.41, 5.74) is 2.40. The first-order chi connectivity index (χ1) is 15.7. The molecule has 4 heteroatoms. The summed E-state index contributed by atoms with van der Waals surface area (Å²) >= 11 is 0. The fraction of sp³-hybridized carbons (Fsp3) is 0.571. The van der Waals surface area contributed by atoms with Crippen molar-refractivity contribution in [1.29, 1.82) is 0 Å². The molecular formula is C28H39O3P. The summed E-state index contributed by atoms with van der Waals surface area (Å²) in [5, 5.41) is 0. The van der Waals surface area contributed by atoms with Crippen LogP contribution in [0.25, 0.3) is 0 Å². The van der Waals surface area contributed by atoms with Crippen LogP contribution in [0, 0.1) is 0 Å². The molecule has 2 aliphatic rings. The van der Waals surface area contributed by atoms with E-state index in [-0.39, 0.29) is 0 Å². The molecule has 0 heterocycles. The molecule has 0 radical (unpaired) electrons. The van der Waals surface area contributed by atoms with Gasteiger partial charge in [0.1, 0.15) is 11.5 Å². The molecule has 0 saturated heterocycles. The second-order valence-corrected chi connectivity index (χ2v) is 11.7. The fourth-order valence-electron chi connectivity index (χ4n) is 5.39. The van der Waals surface area contributed by atoms with Crippen molar-refractivity contribution in [2.45, 2.75) is 95.8 Å². The van der Waals surface area contributed by atoms with Crippen molar-refractivity contribution in [3.8, 4) is 11.5 Å². The van der Waals surface area contributed by atoms with Crippen molar-refractivity contribution < 1.29 is 13.6 Å². The van der Waals surface area contributed by atoms with E-state index in [1.54, 1.807) is 0 Å². The minimum atomic E-state index is -3.34. The zero-order chi connectivity index (χ0) is 22.2. The van der Waals surface area contributed by atoms with Gasteiger partial charge in [-0.1, -0.05) is 88.3 Å². The van der Waals surface area contributed by atoms with Crippen LogP contribution in [0.4, 0.5) is 0 Å². The minimum absolute atomic E-state index is 0.446. The van der Waals surface area contributed by atoms with Crippen LogP contribution >= 0.6 is 7.60 Å².